The van der Waals surface area contributed by atoms with E-state index in [-0.39, 0.29) is 12.5 Å². The number of aryl methyl sites for hydroxylation is 3. The Morgan fingerprint density at radius 3 is 2.34 bits per heavy atom. The number of nitrogens with one attached hydrogen (secondary N) is 2. The molecule has 190 valence electrons. The van der Waals surface area contributed by atoms with E-state index in [1.165, 1.54) is 4.90 Å². The Kier molecular flexibility index (Phi) is 9.72. The Hall–Kier alpha value is -3.06. The van der Waals surface area contributed by atoms with Crippen molar-refractivity contribution in [3.63, 3.8) is 0 Å². The van der Waals surface area contributed by atoms with Gasteiger partial charge in [0.1, 0.15) is 18.2 Å². The Morgan fingerprint density at radius 1 is 1.06 bits per heavy atom. The fourth-order valence-corrected chi connectivity index (χ4v) is 3.96. The van der Waals surface area contributed by atoms with Crippen LogP contribution in [0.25, 0.3) is 0 Å². The monoisotopic (exact) mass is 501 g/mol. The van der Waals surface area contributed by atoms with Gasteiger partial charge in [0.15, 0.2) is 0 Å². The maximum atomic E-state index is 13.8. The molecule has 2 rings (SSSR count). The van der Waals surface area contributed by atoms with Crippen LogP contribution in [0.3, 0.4) is 0 Å². The molecule has 1 unspecified atom stereocenters. The fourth-order valence-electron chi connectivity index (χ4n) is 3.69. The molecule has 0 aliphatic rings. The summed E-state index contributed by atoms with van der Waals surface area (Å²) in [6, 6.07) is 10.3. The number of alkyl carbamates (subject to hydrolysis) is 1. The number of nitrogens with zero attached hydrogens (tertiary/aromatic N) is 1. The van der Waals surface area contributed by atoms with E-state index >= 15 is 0 Å². The van der Waals surface area contributed by atoms with E-state index in [2.05, 4.69) is 10.6 Å². The van der Waals surface area contributed by atoms with Crippen LogP contribution < -0.4 is 10.6 Å². The lowest BCUT2D eigenvalue weighted by Gasteiger charge is -2.32. The second kappa shape index (κ2) is 12.1. The first-order chi connectivity index (χ1) is 16.3. The van der Waals surface area contributed by atoms with E-state index in [4.69, 9.17) is 16.3 Å². The summed E-state index contributed by atoms with van der Waals surface area (Å²) in [6.45, 7) is 12.9. The third-order valence-corrected chi connectivity index (χ3v) is 5.64. The zero-order valence-electron chi connectivity index (χ0n) is 21.6. The summed E-state index contributed by atoms with van der Waals surface area (Å²) in [7, 11) is 0. The average Bonchev–Trinajstić information content (AvgIpc) is 2.75. The van der Waals surface area contributed by atoms with Gasteiger partial charge in [-0.1, -0.05) is 54.4 Å². The molecule has 0 aliphatic carbocycles. The van der Waals surface area contributed by atoms with E-state index in [0.29, 0.717) is 29.2 Å². The number of halogens is 1. The van der Waals surface area contributed by atoms with Crippen LogP contribution in [0.2, 0.25) is 5.02 Å². The van der Waals surface area contributed by atoms with Crippen LogP contribution in [0, 0.1) is 20.8 Å². The molecule has 0 fully saturated rings. The van der Waals surface area contributed by atoms with Gasteiger partial charge in [-0.3, -0.25) is 9.59 Å². The Balaban J connectivity index is 2.43. The number of para-hydroxylation sites is 1. The van der Waals surface area contributed by atoms with E-state index in [1.54, 1.807) is 26.8 Å². The summed E-state index contributed by atoms with van der Waals surface area (Å²) in [4.78, 5) is 40.7. The van der Waals surface area contributed by atoms with Gasteiger partial charge in [-0.15, -0.1) is 0 Å². The van der Waals surface area contributed by atoms with Crippen molar-refractivity contribution < 1.29 is 19.1 Å². The van der Waals surface area contributed by atoms with Crippen molar-refractivity contribution in [2.24, 2.45) is 0 Å². The molecule has 2 aromatic rings. The Bertz CT molecular complexity index is 1060. The van der Waals surface area contributed by atoms with E-state index < -0.39 is 23.6 Å². The van der Waals surface area contributed by atoms with Crippen molar-refractivity contribution in [1.29, 1.82) is 0 Å². The molecule has 8 heteroatoms. The van der Waals surface area contributed by atoms with Crippen LogP contribution >= 0.6 is 11.6 Å². The summed E-state index contributed by atoms with van der Waals surface area (Å²) < 4.78 is 5.25. The quantitative estimate of drug-likeness (QED) is 0.485. The van der Waals surface area contributed by atoms with Gasteiger partial charge in [0.25, 0.3) is 5.91 Å². The Morgan fingerprint density at radius 2 is 1.74 bits per heavy atom. The lowest BCUT2D eigenvalue weighted by Crippen LogP contribution is -2.47. The van der Waals surface area contributed by atoms with E-state index in [0.717, 1.165) is 16.7 Å². The van der Waals surface area contributed by atoms with Gasteiger partial charge >= 0.3 is 6.09 Å². The van der Waals surface area contributed by atoms with Crippen molar-refractivity contribution in [2.45, 2.75) is 66.5 Å². The van der Waals surface area contributed by atoms with Crippen LogP contribution in [0.4, 0.5) is 10.5 Å². The molecule has 0 heterocycles. The predicted molar refractivity (Wildman–Crippen MR) is 140 cm³/mol. The van der Waals surface area contributed by atoms with Crippen molar-refractivity contribution >= 4 is 35.2 Å². The van der Waals surface area contributed by atoms with Crippen molar-refractivity contribution in [3.8, 4) is 0 Å². The zero-order chi connectivity index (χ0) is 26.3. The van der Waals surface area contributed by atoms with E-state index in [1.807, 2.05) is 58.0 Å². The average molecular weight is 502 g/mol. The minimum Gasteiger partial charge on any atom is -0.444 e. The predicted octanol–water partition coefficient (Wildman–Crippen LogP) is 5.71. The van der Waals surface area contributed by atoms with Crippen LogP contribution in [-0.2, 0) is 14.3 Å². The third-order valence-electron chi connectivity index (χ3n) is 5.33. The molecular weight excluding hydrogens is 466 g/mol. The van der Waals surface area contributed by atoms with Gasteiger partial charge in [-0.25, -0.2) is 4.79 Å². The number of carbonyl (C=O) groups is 3. The molecule has 0 saturated carbocycles. The molecule has 1 atom stereocenters. The number of benzene rings is 2. The normalized spacial score (nSPS) is 12.0. The topological polar surface area (TPSA) is 87.7 Å². The number of carbonyl (C=O) groups excluding carboxylic acids is 3. The van der Waals surface area contributed by atoms with Crippen molar-refractivity contribution in [2.75, 3.05) is 18.4 Å². The fraction of sp³-hybridized carbons (Fsp3) is 0.444. The molecule has 0 spiro atoms. The molecular formula is C27H36ClN3O4. The van der Waals surface area contributed by atoms with Crippen molar-refractivity contribution in [3.05, 3.63) is 63.7 Å². The molecule has 35 heavy (non-hydrogen) atoms. The second-order valence-electron chi connectivity index (χ2n) is 9.63. The maximum Gasteiger partial charge on any atom is 0.408 e. The highest BCUT2D eigenvalue weighted by atomic mass is 35.5. The second-order valence-corrected chi connectivity index (χ2v) is 10.0. The summed E-state index contributed by atoms with van der Waals surface area (Å²) in [5.41, 5.74) is 3.18. The number of anilines is 1. The van der Waals surface area contributed by atoms with Gasteiger partial charge < -0.3 is 20.3 Å². The molecule has 2 N–H and O–H groups in total. The van der Waals surface area contributed by atoms with Crippen LogP contribution in [-0.4, -0.2) is 41.5 Å². The standard InChI is InChI=1S/C27H36ClN3O4/c1-8-14-31(22(32)16-29-26(34)35-27(5,6)7)24(20-15-17(2)12-13-18(20)3)25(33)30-23-19(4)10-9-11-21(23)28/h9-13,15,24H,8,14,16H2,1-7H3,(H,29,34)(H,30,33). The van der Waals surface area contributed by atoms with Crippen LogP contribution in [0.1, 0.15) is 62.4 Å². The van der Waals surface area contributed by atoms with E-state index in [9.17, 15) is 14.4 Å². The van der Waals surface area contributed by atoms with Gasteiger partial charge in [0.2, 0.25) is 5.91 Å². The minimum absolute atomic E-state index is 0.297. The number of hydrogen-bond acceptors (Lipinski definition) is 4. The summed E-state index contributed by atoms with van der Waals surface area (Å²) >= 11 is 6.36. The SMILES string of the molecule is CCCN(C(=O)CNC(=O)OC(C)(C)C)C(C(=O)Nc1c(C)cccc1Cl)c1cc(C)ccc1C. The van der Waals surface area contributed by atoms with Crippen molar-refractivity contribution in [1.82, 2.24) is 10.2 Å². The lowest BCUT2D eigenvalue weighted by molar-refractivity contribution is -0.138. The molecule has 0 bridgehead atoms. The number of amides is 3. The number of ether oxygens (including phenoxy) is 1. The summed E-state index contributed by atoms with van der Waals surface area (Å²) in [5.74, 6) is -0.774. The minimum atomic E-state index is -0.918. The van der Waals surface area contributed by atoms with Crippen LogP contribution in [0.5, 0.6) is 0 Å². The van der Waals surface area contributed by atoms with Gasteiger partial charge in [0.05, 0.1) is 10.7 Å². The number of rotatable bonds is 8. The molecule has 0 aromatic heterocycles. The molecule has 0 radical (unpaired) electrons. The van der Waals surface area contributed by atoms with Gasteiger partial charge in [0, 0.05) is 6.54 Å². The maximum absolute atomic E-state index is 13.8. The van der Waals surface area contributed by atoms with Crippen LogP contribution in [0.15, 0.2) is 36.4 Å². The first kappa shape index (κ1) is 28.2. The molecule has 7 nitrogen and oxygen atoms in total. The smallest absolute Gasteiger partial charge is 0.408 e. The van der Waals surface area contributed by atoms with Gasteiger partial charge in [-0.2, -0.15) is 0 Å². The highest BCUT2D eigenvalue weighted by Gasteiger charge is 2.33. The lowest BCUT2D eigenvalue weighted by atomic mass is 9.96. The first-order valence-corrected chi connectivity index (χ1v) is 12.1. The van der Waals surface area contributed by atoms with Gasteiger partial charge in [-0.05, 0) is 70.7 Å². The molecule has 3 amide bonds. The molecule has 2 aromatic carbocycles. The largest absolute Gasteiger partial charge is 0.444 e. The summed E-state index contributed by atoms with van der Waals surface area (Å²) in [6.07, 6.45) is -0.0699. The zero-order valence-corrected chi connectivity index (χ0v) is 22.4. The molecule has 0 aliphatic heterocycles. The highest BCUT2D eigenvalue weighted by Crippen LogP contribution is 2.30. The highest BCUT2D eigenvalue weighted by molar-refractivity contribution is 6.34. The summed E-state index contributed by atoms with van der Waals surface area (Å²) in [5, 5.41) is 5.86. The molecule has 0 saturated heterocycles. The Labute approximate surface area is 213 Å². The third kappa shape index (κ3) is 7.99. The first-order valence-electron chi connectivity index (χ1n) is 11.7. The number of hydrogen-bond donors (Lipinski definition) is 2.